The lowest BCUT2D eigenvalue weighted by atomic mass is 10.00. The summed E-state index contributed by atoms with van der Waals surface area (Å²) in [5.41, 5.74) is 1.74. The molecule has 2 aromatic rings. The van der Waals surface area contributed by atoms with Crippen molar-refractivity contribution in [2.45, 2.75) is 38.5 Å². The van der Waals surface area contributed by atoms with Crippen molar-refractivity contribution in [3.05, 3.63) is 22.5 Å². The molecule has 1 fully saturated rings. The number of aryl methyl sites for hydroxylation is 1. The maximum Gasteiger partial charge on any atom is 0.267 e. The van der Waals surface area contributed by atoms with Crippen LogP contribution >= 0.6 is 11.5 Å². The highest BCUT2D eigenvalue weighted by atomic mass is 32.1. The maximum atomic E-state index is 12.7. The van der Waals surface area contributed by atoms with Crippen LogP contribution in [-0.2, 0) is 17.8 Å². The standard InChI is InChI=1S/C13H16N6O2S/c1-2-9-12(22-17-15-9)13(20)18-4-3-11-10(6-18)19-8(7-21-11)5-14-16-19/h5,10-11H,2-4,6-7H2,1H3/t10-,11-/m0/s1. The van der Waals surface area contributed by atoms with E-state index in [1.807, 2.05) is 16.5 Å². The summed E-state index contributed by atoms with van der Waals surface area (Å²) in [6.45, 7) is 3.79. The fourth-order valence-electron chi connectivity index (χ4n) is 3.11. The highest BCUT2D eigenvalue weighted by Crippen LogP contribution is 2.31. The Morgan fingerprint density at radius 2 is 2.45 bits per heavy atom. The van der Waals surface area contributed by atoms with Gasteiger partial charge in [-0.2, -0.15) is 0 Å². The smallest absolute Gasteiger partial charge is 0.267 e. The van der Waals surface area contributed by atoms with E-state index in [1.54, 1.807) is 6.20 Å². The first-order chi connectivity index (χ1) is 10.8. The van der Waals surface area contributed by atoms with E-state index < -0.39 is 0 Å². The first-order valence-corrected chi connectivity index (χ1v) is 8.16. The van der Waals surface area contributed by atoms with Gasteiger partial charge in [0.15, 0.2) is 0 Å². The van der Waals surface area contributed by atoms with E-state index in [0.29, 0.717) is 31.0 Å². The van der Waals surface area contributed by atoms with Crippen molar-refractivity contribution in [3.8, 4) is 0 Å². The van der Waals surface area contributed by atoms with Crippen molar-refractivity contribution in [1.82, 2.24) is 29.5 Å². The third-order valence-corrected chi connectivity index (χ3v) is 5.06. The van der Waals surface area contributed by atoms with E-state index in [0.717, 1.165) is 17.8 Å². The topological polar surface area (TPSA) is 86.0 Å². The van der Waals surface area contributed by atoms with Crippen LogP contribution in [0, 0.1) is 0 Å². The molecule has 0 aromatic carbocycles. The van der Waals surface area contributed by atoms with Crippen LogP contribution in [0.3, 0.4) is 0 Å². The predicted octanol–water partition coefficient (Wildman–Crippen LogP) is 0.678. The molecule has 4 heterocycles. The number of carbonyl (C=O) groups is 1. The van der Waals surface area contributed by atoms with Gasteiger partial charge in [0.05, 0.1) is 36.3 Å². The van der Waals surface area contributed by atoms with Gasteiger partial charge in [-0.05, 0) is 24.4 Å². The molecular formula is C13H16N6O2S. The van der Waals surface area contributed by atoms with E-state index in [2.05, 4.69) is 19.9 Å². The number of hydrogen-bond acceptors (Lipinski definition) is 7. The molecule has 116 valence electrons. The predicted molar refractivity (Wildman–Crippen MR) is 77.4 cm³/mol. The molecule has 0 radical (unpaired) electrons. The SMILES string of the molecule is CCc1nnsc1C(=O)N1CC[C@@H]2OCc3cnnn3[C@H]2C1. The summed E-state index contributed by atoms with van der Waals surface area (Å²) in [7, 11) is 0. The summed E-state index contributed by atoms with van der Waals surface area (Å²) in [4.78, 5) is 15.2. The Kier molecular flexibility index (Phi) is 3.38. The number of fused-ring (bicyclic) bond motifs is 3. The lowest BCUT2D eigenvalue weighted by molar-refractivity contribution is -0.0604. The fourth-order valence-corrected chi connectivity index (χ4v) is 3.83. The molecule has 1 amide bonds. The molecule has 0 saturated carbocycles. The Hall–Kier alpha value is -1.87. The van der Waals surface area contributed by atoms with E-state index in [1.165, 1.54) is 11.5 Å². The van der Waals surface area contributed by atoms with Gasteiger partial charge in [0.25, 0.3) is 5.91 Å². The van der Waals surface area contributed by atoms with Crippen LogP contribution in [0.2, 0.25) is 0 Å². The Morgan fingerprint density at radius 3 is 3.32 bits per heavy atom. The lowest BCUT2D eigenvalue weighted by Gasteiger charge is -2.40. The van der Waals surface area contributed by atoms with E-state index in [4.69, 9.17) is 4.74 Å². The summed E-state index contributed by atoms with van der Waals surface area (Å²) < 4.78 is 11.7. The second-order valence-electron chi connectivity index (χ2n) is 5.53. The highest BCUT2D eigenvalue weighted by molar-refractivity contribution is 7.08. The number of nitrogens with zero attached hydrogens (tertiary/aromatic N) is 6. The van der Waals surface area contributed by atoms with E-state index in [-0.39, 0.29) is 18.1 Å². The average Bonchev–Trinajstić information content (AvgIpc) is 3.22. The highest BCUT2D eigenvalue weighted by Gasteiger charge is 2.38. The lowest BCUT2D eigenvalue weighted by Crippen LogP contribution is -2.49. The summed E-state index contributed by atoms with van der Waals surface area (Å²) in [6, 6.07) is 0.0370. The summed E-state index contributed by atoms with van der Waals surface area (Å²) in [5.74, 6) is 0.0116. The molecule has 4 rings (SSSR count). The molecule has 0 bridgehead atoms. The Labute approximate surface area is 131 Å². The zero-order valence-corrected chi connectivity index (χ0v) is 13.0. The summed E-state index contributed by atoms with van der Waals surface area (Å²) in [6.07, 6.45) is 3.35. The van der Waals surface area contributed by atoms with Crippen LogP contribution in [0.15, 0.2) is 6.20 Å². The van der Waals surface area contributed by atoms with Crippen LogP contribution < -0.4 is 0 Å². The molecule has 2 aliphatic rings. The van der Waals surface area contributed by atoms with Crippen LogP contribution in [0.1, 0.15) is 40.4 Å². The van der Waals surface area contributed by atoms with Gasteiger partial charge >= 0.3 is 0 Å². The van der Waals surface area contributed by atoms with Crippen molar-refractivity contribution in [2.24, 2.45) is 0 Å². The first kappa shape index (κ1) is 13.8. The van der Waals surface area contributed by atoms with Gasteiger partial charge < -0.3 is 9.64 Å². The molecule has 9 heteroatoms. The second-order valence-corrected chi connectivity index (χ2v) is 6.28. The molecule has 8 nitrogen and oxygen atoms in total. The Morgan fingerprint density at radius 1 is 1.55 bits per heavy atom. The van der Waals surface area contributed by atoms with Gasteiger partial charge in [0.1, 0.15) is 4.88 Å². The zero-order valence-electron chi connectivity index (χ0n) is 12.2. The van der Waals surface area contributed by atoms with Crippen molar-refractivity contribution >= 4 is 17.4 Å². The third-order valence-electron chi connectivity index (χ3n) is 4.30. The van der Waals surface area contributed by atoms with Crippen molar-refractivity contribution in [1.29, 1.82) is 0 Å². The van der Waals surface area contributed by atoms with E-state index >= 15 is 0 Å². The number of amides is 1. The molecule has 2 atom stereocenters. The van der Waals surface area contributed by atoms with Gasteiger partial charge in [0, 0.05) is 13.1 Å². The van der Waals surface area contributed by atoms with Crippen molar-refractivity contribution in [3.63, 3.8) is 0 Å². The number of piperidine rings is 1. The van der Waals surface area contributed by atoms with Gasteiger partial charge in [-0.25, -0.2) is 4.68 Å². The molecule has 22 heavy (non-hydrogen) atoms. The number of aromatic nitrogens is 5. The minimum Gasteiger partial charge on any atom is -0.370 e. The molecule has 0 unspecified atom stereocenters. The molecule has 2 aliphatic heterocycles. The second kappa shape index (κ2) is 5.40. The van der Waals surface area contributed by atoms with Gasteiger partial charge in [0.2, 0.25) is 0 Å². The molecule has 1 saturated heterocycles. The Balaban J connectivity index is 1.58. The Bertz CT molecular complexity index is 698. The van der Waals surface area contributed by atoms with Crippen molar-refractivity contribution in [2.75, 3.05) is 13.1 Å². The number of carbonyl (C=O) groups excluding carboxylic acids is 1. The van der Waals surface area contributed by atoms with Gasteiger partial charge in [-0.3, -0.25) is 4.79 Å². The van der Waals surface area contributed by atoms with E-state index in [9.17, 15) is 4.79 Å². The fraction of sp³-hybridized carbons (Fsp3) is 0.615. The van der Waals surface area contributed by atoms with Crippen LogP contribution in [0.4, 0.5) is 0 Å². The zero-order chi connectivity index (χ0) is 15.1. The van der Waals surface area contributed by atoms with Crippen molar-refractivity contribution < 1.29 is 9.53 Å². The van der Waals surface area contributed by atoms with Gasteiger partial charge in [-0.1, -0.05) is 16.6 Å². The largest absolute Gasteiger partial charge is 0.370 e. The maximum absolute atomic E-state index is 12.7. The van der Waals surface area contributed by atoms with Gasteiger partial charge in [-0.15, -0.1) is 10.2 Å². The number of rotatable bonds is 2. The quantitative estimate of drug-likeness (QED) is 0.809. The monoisotopic (exact) mass is 320 g/mol. The third kappa shape index (κ3) is 2.12. The molecule has 0 N–H and O–H groups in total. The summed E-state index contributed by atoms with van der Waals surface area (Å²) in [5, 5.41) is 12.1. The first-order valence-electron chi connectivity index (χ1n) is 7.39. The number of likely N-dealkylation sites (tertiary alicyclic amines) is 1. The van der Waals surface area contributed by atoms with Crippen LogP contribution in [-0.4, -0.2) is 54.6 Å². The molecule has 0 aliphatic carbocycles. The summed E-state index contributed by atoms with van der Waals surface area (Å²) >= 11 is 1.17. The average molecular weight is 320 g/mol. The normalized spacial score (nSPS) is 24.0. The van der Waals surface area contributed by atoms with Crippen LogP contribution in [0.5, 0.6) is 0 Å². The minimum absolute atomic E-state index is 0.0116. The van der Waals surface area contributed by atoms with Crippen LogP contribution in [0.25, 0.3) is 0 Å². The molecule has 2 aromatic heterocycles. The molecule has 0 spiro atoms. The number of hydrogen-bond donors (Lipinski definition) is 0. The number of ether oxygens (including phenoxy) is 1. The minimum atomic E-state index is 0.0116. The molecular weight excluding hydrogens is 304 g/mol.